The van der Waals surface area contributed by atoms with Gasteiger partial charge in [-0.15, -0.1) is 0 Å². The summed E-state index contributed by atoms with van der Waals surface area (Å²) >= 11 is 0. The highest BCUT2D eigenvalue weighted by Gasteiger charge is 2.24. The number of rotatable bonds is 9. The Balaban J connectivity index is 1.13. The first-order valence-corrected chi connectivity index (χ1v) is 26.4. The number of carboxylic acid groups (broad SMARTS) is 3. The number of fused-ring (bicyclic) bond motifs is 1. The topological polar surface area (TPSA) is 243 Å². The van der Waals surface area contributed by atoms with Crippen LogP contribution >= 0.6 is 0 Å². The van der Waals surface area contributed by atoms with Gasteiger partial charge < -0.3 is 88.3 Å². The van der Waals surface area contributed by atoms with Crippen molar-refractivity contribution in [3.63, 3.8) is 0 Å². The summed E-state index contributed by atoms with van der Waals surface area (Å²) in [6, 6.07) is 34.0. The fourth-order valence-corrected chi connectivity index (χ4v) is 9.41. The third kappa shape index (κ3) is 16.6. The lowest BCUT2D eigenvalue weighted by atomic mass is 9.94. The Morgan fingerprint density at radius 1 is 0.392 bits per heavy atom. The molecule has 19 heteroatoms. The molecule has 6 aromatic carbocycles. The van der Waals surface area contributed by atoms with E-state index in [0.717, 1.165) is 72.6 Å². The van der Waals surface area contributed by atoms with Gasteiger partial charge in [-0.05, 0) is 142 Å². The van der Waals surface area contributed by atoms with Crippen LogP contribution < -0.4 is 73.9 Å². The number of aliphatic carboxylic acids is 3. The number of carbonyl (C=O) groups excluding carboxylic acids is 3. The lowest BCUT2D eigenvalue weighted by Gasteiger charge is -2.23. The Morgan fingerprint density at radius 3 is 0.937 bits per heavy atom. The summed E-state index contributed by atoms with van der Waals surface area (Å²) in [6.45, 7) is 5.19. The van der Waals surface area contributed by atoms with E-state index in [1.54, 1.807) is 36.4 Å². The second-order valence-electron chi connectivity index (χ2n) is 19.1. The first kappa shape index (κ1) is 55.5. The average Bonchev–Trinajstić information content (AvgIpc) is 3.58. The van der Waals surface area contributed by atoms with Crippen molar-refractivity contribution in [1.82, 2.24) is 20.9 Å². The summed E-state index contributed by atoms with van der Waals surface area (Å²) < 4.78 is 54.8. The molecule has 0 radical (unpaired) electrons. The highest BCUT2D eigenvalue weighted by molar-refractivity contribution is 5.68. The van der Waals surface area contributed by atoms with Gasteiger partial charge in [0.05, 0.1) is 17.9 Å². The van der Waals surface area contributed by atoms with Crippen LogP contribution in [0.2, 0.25) is 0 Å². The number of nitrogens with one attached hydrogen (secondary N) is 3. The number of carbonyl (C=O) groups is 3. The second-order valence-corrected chi connectivity index (χ2v) is 19.1. The van der Waals surface area contributed by atoms with Crippen molar-refractivity contribution in [2.24, 2.45) is 0 Å². The number of carboxylic acids is 3. The highest BCUT2D eigenvalue weighted by atomic mass is 16.6. The molecule has 13 aliphatic heterocycles. The molecule has 14 aliphatic rings. The largest absolute Gasteiger partial charge is 0.546 e. The third-order valence-electron chi connectivity index (χ3n) is 13.4. The van der Waals surface area contributed by atoms with E-state index >= 15 is 0 Å². The number of benzene rings is 6. The summed E-state index contributed by atoms with van der Waals surface area (Å²) in [4.78, 5) is 38.0. The molecular formula is C60H63N4O15-3. The zero-order valence-corrected chi connectivity index (χ0v) is 43.8. The molecule has 19 nitrogen and oxygen atoms in total. The minimum Gasteiger partial charge on any atom is -0.546 e. The molecule has 0 unspecified atom stereocenters. The van der Waals surface area contributed by atoms with Gasteiger partial charge in [-0.1, -0.05) is 36.4 Å². The quantitative estimate of drug-likeness (QED) is 0.188. The summed E-state index contributed by atoms with van der Waals surface area (Å²) in [5.74, 6) is -1.24. The van der Waals surface area contributed by atoms with Gasteiger partial charge >= 0.3 is 0 Å². The van der Waals surface area contributed by atoms with Crippen LogP contribution in [-0.2, 0) is 53.3 Å². The first-order chi connectivity index (χ1) is 38.6. The number of hydrogen-bond donors (Lipinski definition) is 3. The van der Waals surface area contributed by atoms with E-state index in [-0.39, 0.29) is 93.4 Å². The molecule has 16 bridgehead atoms. The molecule has 13 heterocycles. The number of hydrogen-bond acceptors (Lipinski definition) is 19. The van der Waals surface area contributed by atoms with Gasteiger partial charge in [0, 0.05) is 58.9 Å². The Hall–Kier alpha value is -8.23. The average molecular weight is 1080 g/mol. The van der Waals surface area contributed by atoms with Crippen LogP contribution in [0.3, 0.4) is 0 Å². The predicted molar refractivity (Wildman–Crippen MR) is 283 cm³/mol. The number of nitrogens with zero attached hydrogens (tertiary/aromatic N) is 1. The molecule has 0 fully saturated rings. The van der Waals surface area contributed by atoms with E-state index in [4.69, 9.17) is 42.6 Å². The van der Waals surface area contributed by atoms with Gasteiger partial charge in [0.15, 0.2) is 34.5 Å². The first-order valence-electron chi connectivity index (χ1n) is 26.4. The SMILES string of the molecule is O=C([O-])COc1cc2c3cc1OCCOc1ccc(cc1)CNCCN1CCNCc4ccc(cc4)OCCOc4cc(c(cc4OCC(=O)[O-])Cc4cc(c(OCC(=O)[O-])cc4C3)OCCOc3ccc(cc3)CNCC1)C2. The zero-order valence-electron chi connectivity index (χ0n) is 43.8. The van der Waals surface area contributed by atoms with Gasteiger partial charge in [0.1, 0.15) is 76.7 Å². The third-order valence-corrected chi connectivity index (χ3v) is 13.4. The maximum absolute atomic E-state index is 11.8. The van der Waals surface area contributed by atoms with Gasteiger partial charge in [-0.2, -0.15) is 0 Å². The molecule has 1 aliphatic carbocycles. The van der Waals surface area contributed by atoms with Gasteiger partial charge in [-0.25, -0.2) is 0 Å². The zero-order chi connectivity index (χ0) is 54.8. The number of ether oxygens (including phenoxy) is 9. The summed E-state index contributed by atoms with van der Waals surface area (Å²) in [5, 5.41) is 46.3. The van der Waals surface area contributed by atoms with Crippen LogP contribution in [0.15, 0.2) is 109 Å². The smallest absolute Gasteiger partial charge is 0.162 e. The molecule has 416 valence electrons. The van der Waals surface area contributed by atoms with E-state index in [0.29, 0.717) is 53.6 Å². The summed E-state index contributed by atoms with van der Waals surface area (Å²) in [7, 11) is 0. The van der Waals surface area contributed by atoms with Crippen LogP contribution in [0.4, 0.5) is 0 Å². The van der Waals surface area contributed by atoms with E-state index < -0.39 is 37.7 Å². The Bertz CT molecular complexity index is 2690. The molecule has 0 spiro atoms. The molecule has 0 saturated carbocycles. The van der Waals surface area contributed by atoms with Crippen molar-refractivity contribution >= 4 is 17.9 Å². The molecule has 6 aromatic rings. The fourth-order valence-electron chi connectivity index (χ4n) is 9.41. The van der Waals surface area contributed by atoms with Crippen molar-refractivity contribution in [2.45, 2.75) is 38.9 Å². The molecule has 79 heavy (non-hydrogen) atoms. The van der Waals surface area contributed by atoms with E-state index in [1.165, 1.54) is 0 Å². The van der Waals surface area contributed by atoms with Crippen molar-refractivity contribution in [1.29, 1.82) is 0 Å². The van der Waals surface area contributed by atoms with Crippen LogP contribution in [0.1, 0.15) is 50.1 Å². The fraction of sp³-hybridized carbons (Fsp3) is 0.350. The lowest BCUT2D eigenvalue weighted by molar-refractivity contribution is -0.308. The van der Waals surface area contributed by atoms with Crippen LogP contribution in [0.25, 0.3) is 0 Å². The Morgan fingerprint density at radius 2 is 0.658 bits per heavy atom. The summed E-state index contributed by atoms with van der Waals surface area (Å²) in [6.07, 6.45) is 0.734. The second kappa shape index (κ2) is 27.9. The van der Waals surface area contributed by atoms with Crippen molar-refractivity contribution in [2.75, 3.05) is 98.7 Å². The van der Waals surface area contributed by atoms with Crippen molar-refractivity contribution in [3.05, 3.63) is 159 Å². The Labute approximate surface area is 458 Å². The molecule has 3 N–H and O–H groups in total. The van der Waals surface area contributed by atoms with E-state index in [2.05, 4.69) is 20.9 Å². The van der Waals surface area contributed by atoms with Gasteiger partial charge in [-0.3, -0.25) is 4.90 Å². The molecular weight excluding hydrogens is 1020 g/mol. The minimum absolute atomic E-state index is 0.0614. The van der Waals surface area contributed by atoms with Crippen LogP contribution in [0, 0.1) is 0 Å². The maximum atomic E-state index is 11.8. The highest BCUT2D eigenvalue weighted by Crippen LogP contribution is 2.41. The van der Waals surface area contributed by atoms with Gasteiger partial charge in [0.2, 0.25) is 0 Å². The van der Waals surface area contributed by atoms with E-state index in [9.17, 15) is 29.7 Å². The predicted octanol–water partition coefficient (Wildman–Crippen LogP) is 2.13. The lowest BCUT2D eigenvalue weighted by Crippen LogP contribution is -2.40. The maximum Gasteiger partial charge on any atom is 0.162 e. The van der Waals surface area contributed by atoms with Crippen LogP contribution in [-0.4, -0.2) is 122 Å². The molecule has 0 atom stereocenters. The monoisotopic (exact) mass is 1080 g/mol. The van der Waals surface area contributed by atoms with Gasteiger partial charge in [0.25, 0.3) is 0 Å². The molecule has 0 amide bonds. The Kier molecular flexibility index (Phi) is 19.6. The minimum atomic E-state index is -1.44. The molecule has 20 rings (SSSR count). The van der Waals surface area contributed by atoms with Crippen molar-refractivity contribution < 1.29 is 72.3 Å². The van der Waals surface area contributed by atoms with Crippen LogP contribution in [0.5, 0.6) is 51.7 Å². The molecule has 0 aromatic heterocycles. The standard InChI is InChI=1S/C60H66N4O15/c65-58(66)37-77-55-31-46-26-44-29-53-57(79-39-60(69)70)33-48(44)27-45-30-54-56(78-38-59(67)68)32-47(45)25-43(46)28-52(55)74-22-19-71-49-7-1-40(2-8-49)34-61-13-16-64(17-14-62-35-41-3-9-50(10-4-41)72-20-23-75-53)18-15-63-36-42-5-11-51(12-6-42)73-21-24-76-54/h1-12,28-33,61-63H,13-27,34-39H2,(H,65,66)(H,67,68)(H,69,70)/p-3. The van der Waals surface area contributed by atoms with Crippen molar-refractivity contribution in [3.8, 4) is 51.7 Å². The van der Waals surface area contributed by atoms with E-state index in [1.807, 2.05) is 72.8 Å². The normalized spacial score (nSPS) is 15.8. The summed E-state index contributed by atoms with van der Waals surface area (Å²) in [5.41, 5.74) is 7.66. The molecule has 0 saturated heterocycles.